The van der Waals surface area contributed by atoms with Crippen LogP contribution in [-0.4, -0.2) is 19.3 Å². The number of thiazole rings is 1. The molecule has 0 spiro atoms. The van der Waals surface area contributed by atoms with Gasteiger partial charge in [0, 0.05) is 26.7 Å². The zero-order valence-corrected chi connectivity index (χ0v) is 24.0. The molecule has 0 aliphatic rings. The Morgan fingerprint density at radius 1 is 0.825 bits per heavy atom. The van der Waals surface area contributed by atoms with Crippen molar-refractivity contribution in [2.24, 2.45) is 0 Å². The van der Waals surface area contributed by atoms with E-state index in [1.807, 2.05) is 18.2 Å². The molecule has 0 aliphatic heterocycles. The number of nitrogens with zero attached hydrogens (tertiary/aromatic N) is 1. The molecule has 0 saturated carbocycles. The Morgan fingerprint density at radius 3 is 2.10 bits per heavy atom. The lowest BCUT2D eigenvalue weighted by molar-refractivity contribution is 0.102. The quantitative estimate of drug-likeness (QED) is 0.182. The van der Waals surface area contributed by atoms with Crippen molar-refractivity contribution in [2.45, 2.75) is 24.7 Å². The molecule has 0 fully saturated rings. The van der Waals surface area contributed by atoms with Gasteiger partial charge < -0.3 is 0 Å². The van der Waals surface area contributed by atoms with Crippen molar-refractivity contribution in [3.63, 3.8) is 0 Å². The molecule has 202 valence electrons. The minimum absolute atomic E-state index is 0.0934. The van der Waals surface area contributed by atoms with Gasteiger partial charge in [-0.15, -0.1) is 11.3 Å². The van der Waals surface area contributed by atoms with E-state index in [4.69, 9.17) is 16.6 Å². The Kier molecular flexibility index (Phi) is 8.30. The van der Waals surface area contributed by atoms with Crippen molar-refractivity contribution in [3.8, 4) is 22.4 Å². The van der Waals surface area contributed by atoms with Crippen LogP contribution >= 0.6 is 22.9 Å². The maximum atomic E-state index is 13.0. The standard InChI is InChI=1S/C31H26ClN3O3S2/c1-2-6-28-29(23-11-9-22(10-12-23)21-7-4-3-5-8-21)33-31(39-28)34-30(36)24-13-17-26(18-14-24)35-40(37,38)27-19-15-25(32)16-20-27/h3-5,7-20,35H,2,6H2,1H3,(H,33,34,36). The van der Waals surface area contributed by atoms with E-state index < -0.39 is 10.0 Å². The molecule has 0 aliphatic carbocycles. The minimum Gasteiger partial charge on any atom is -0.298 e. The van der Waals surface area contributed by atoms with Crippen LogP contribution in [0.3, 0.4) is 0 Å². The number of nitrogens with one attached hydrogen (secondary N) is 2. The summed E-state index contributed by atoms with van der Waals surface area (Å²) in [6.45, 7) is 2.11. The third-order valence-electron chi connectivity index (χ3n) is 6.18. The van der Waals surface area contributed by atoms with Crippen LogP contribution in [0.4, 0.5) is 10.8 Å². The van der Waals surface area contributed by atoms with Gasteiger partial charge in [0.1, 0.15) is 0 Å². The van der Waals surface area contributed by atoms with Gasteiger partial charge >= 0.3 is 0 Å². The fourth-order valence-electron chi connectivity index (χ4n) is 4.17. The molecule has 5 rings (SSSR count). The highest BCUT2D eigenvalue weighted by atomic mass is 35.5. The van der Waals surface area contributed by atoms with Crippen molar-refractivity contribution in [1.82, 2.24) is 4.98 Å². The zero-order chi connectivity index (χ0) is 28.1. The van der Waals surface area contributed by atoms with Crippen molar-refractivity contribution in [1.29, 1.82) is 0 Å². The topological polar surface area (TPSA) is 88.2 Å². The summed E-state index contributed by atoms with van der Waals surface area (Å²) in [6, 6.07) is 30.6. The summed E-state index contributed by atoms with van der Waals surface area (Å²) in [7, 11) is -3.78. The first-order valence-electron chi connectivity index (χ1n) is 12.7. The van der Waals surface area contributed by atoms with E-state index in [2.05, 4.69) is 53.4 Å². The molecule has 2 N–H and O–H groups in total. The molecular weight excluding hydrogens is 562 g/mol. The smallest absolute Gasteiger partial charge is 0.261 e. The second-order valence-corrected chi connectivity index (χ2v) is 12.3. The van der Waals surface area contributed by atoms with Gasteiger partial charge in [-0.05, 0) is 66.1 Å². The fourth-order valence-corrected chi connectivity index (χ4v) is 6.43. The molecule has 1 heterocycles. The fraction of sp³-hybridized carbons (Fsp3) is 0.0968. The van der Waals surface area contributed by atoms with Crippen LogP contribution in [-0.2, 0) is 16.4 Å². The predicted octanol–water partition coefficient (Wildman–Crippen LogP) is 8.14. The number of rotatable bonds is 9. The second kappa shape index (κ2) is 12.0. The number of amides is 1. The van der Waals surface area contributed by atoms with Gasteiger partial charge in [-0.2, -0.15) is 0 Å². The SMILES string of the molecule is CCCc1sc(NC(=O)c2ccc(NS(=O)(=O)c3ccc(Cl)cc3)cc2)nc1-c1ccc(-c2ccccc2)cc1. The van der Waals surface area contributed by atoms with Gasteiger partial charge in [0.25, 0.3) is 15.9 Å². The molecule has 40 heavy (non-hydrogen) atoms. The van der Waals surface area contributed by atoms with Crippen LogP contribution in [0.15, 0.2) is 108 Å². The molecule has 0 saturated heterocycles. The summed E-state index contributed by atoms with van der Waals surface area (Å²) in [4.78, 5) is 18.9. The highest BCUT2D eigenvalue weighted by molar-refractivity contribution is 7.92. The van der Waals surface area contributed by atoms with Gasteiger partial charge in [0.2, 0.25) is 0 Å². The van der Waals surface area contributed by atoms with Gasteiger partial charge in [-0.1, -0.05) is 79.5 Å². The van der Waals surface area contributed by atoms with E-state index in [0.29, 0.717) is 21.4 Å². The minimum atomic E-state index is -3.78. The third kappa shape index (κ3) is 6.42. The lowest BCUT2D eigenvalue weighted by Crippen LogP contribution is -2.14. The van der Waals surface area contributed by atoms with Crippen LogP contribution in [0.25, 0.3) is 22.4 Å². The number of carbonyl (C=O) groups is 1. The molecular formula is C31H26ClN3O3S2. The molecule has 0 unspecified atom stereocenters. The Hall–Kier alpha value is -3.98. The van der Waals surface area contributed by atoms with Gasteiger partial charge in [0.05, 0.1) is 10.6 Å². The number of sulfonamides is 1. The van der Waals surface area contributed by atoms with Crippen LogP contribution in [0.1, 0.15) is 28.6 Å². The van der Waals surface area contributed by atoms with E-state index in [-0.39, 0.29) is 10.8 Å². The summed E-state index contributed by atoms with van der Waals surface area (Å²) >= 11 is 7.32. The maximum absolute atomic E-state index is 13.0. The Bertz CT molecular complexity index is 1720. The van der Waals surface area contributed by atoms with Crippen LogP contribution in [0.2, 0.25) is 5.02 Å². The molecule has 0 radical (unpaired) electrons. The molecule has 1 aromatic heterocycles. The van der Waals surface area contributed by atoms with E-state index in [1.165, 1.54) is 35.6 Å². The highest BCUT2D eigenvalue weighted by Crippen LogP contribution is 2.33. The Labute approximate surface area is 242 Å². The van der Waals surface area contributed by atoms with E-state index in [1.54, 1.807) is 24.3 Å². The number of aromatic nitrogens is 1. The number of carbonyl (C=O) groups excluding carboxylic acids is 1. The molecule has 1 amide bonds. The zero-order valence-electron chi connectivity index (χ0n) is 21.6. The average molecular weight is 588 g/mol. The summed E-state index contributed by atoms with van der Waals surface area (Å²) in [5.74, 6) is -0.324. The Morgan fingerprint density at radius 2 is 1.45 bits per heavy atom. The molecule has 6 nitrogen and oxygen atoms in total. The van der Waals surface area contributed by atoms with Crippen LogP contribution in [0.5, 0.6) is 0 Å². The number of benzene rings is 4. The molecule has 9 heteroatoms. The summed E-state index contributed by atoms with van der Waals surface area (Å²) in [5, 5.41) is 3.87. The number of hydrogen-bond acceptors (Lipinski definition) is 5. The van der Waals surface area contributed by atoms with Crippen molar-refractivity contribution < 1.29 is 13.2 Å². The van der Waals surface area contributed by atoms with E-state index in [9.17, 15) is 13.2 Å². The first-order valence-corrected chi connectivity index (χ1v) is 15.4. The van der Waals surface area contributed by atoms with Crippen LogP contribution < -0.4 is 10.0 Å². The maximum Gasteiger partial charge on any atom is 0.261 e. The van der Waals surface area contributed by atoms with Gasteiger partial charge in [-0.3, -0.25) is 14.8 Å². The first-order chi connectivity index (χ1) is 19.3. The second-order valence-electron chi connectivity index (χ2n) is 9.08. The van der Waals surface area contributed by atoms with Crippen molar-refractivity contribution >= 4 is 49.7 Å². The summed E-state index contributed by atoms with van der Waals surface area (Å²) in [5.41, 5.74) is 4.87. The number of aryl methyl sites for hydroxylation is 1. The Balaban J connectivity index is 1.30. The van der Waals surface area contributed by atoms with Gasteiger partial charge in [-0.25, -0.2) is 13.4 Å². The van der Waals surface area contributed by atoms with Crippen LogP contribution in [0, 0.1) is 0 Å². The van der Waals surface area contributed by atoms with E-state index >= 15 is 0 Å². The normalized spacial score (nSPS) is 11.2. The highest BCUT2D eigenvalue weighted by Gasteiger charge is 2.17. The number of anilines is 2. The lowest BCUT2D eigenvalue weighted by Gasteiger charge is -2.09. The summed E-state index contributed by atoms with van der Waals surface area (Å²) < 4.78 is 27.8. The monoisotopic (exact) mass is 587 g/mol. The largest absolute Gasteiger partial charge is 0.298 e. The lowest BCUT2D eigenvalue weighted by atomic mass is 10.0. The molecule has 4 aromatic carbocycles. The molecule has 0 atom stereocenters. The van der Waals surface area contributed by atoms with Gasteiger partial charge in [0.15, 0.2) is 5.13 Å². The number of hydrogen-bond donors (Lipinski definition) is 2. The average Bonchev–Trinajstić information content (AvgIpc) is 3.36. The predicted molar refractivity (Wildman–Crippen MR) is 164 cm³/mol. The molecule has 5 aromatic rings. The summed E-state index contributed by atoms with van der Waals surface area (Å²) in [6.07, 6.45) is 1.81. The third-order valence-corrected chi connectivity index (χ3v) is 8.86. The van der Waals surface area contributed by atoms with Crippen molar-refractivity contribution in [2.75, 3.05) is 10.0 Å². The number of halogens is 1. The van der Waals surface area contributed by atoms with Crippen molar-refractivity contribution in [3.05, 3.63) is 119 Å². The van der Waals surface area contributed by atoms with E-state index in [0.717, 1.165) is 40.1 Å². The molecule has 0 bridgehead atoms. The first kappa shape index (κ1) is 27.6.